The van der Waals surface area contributed by atoms with Crippen molar-refractivity contribution >= 4 is 5.91 Å². The monoisotopic (exact) mass is 319 g/mol. The maximum atomic E-state index is 12.5. The fourth-order valence-electron chi connectivity index (χ4n) is 3.98. The molecule has 2 fully saturated rings. The summed E-state index contributed by atoms with van der Waals surface area (Å²) < 4.78 is 5.83. The zero-order valence-corrected chi connectivity index (χ0v) is 14.3. The lowest BCUT2D eigenvalue weighted by molar-refractivity contribution is 0.0675. The Bertz CT molecular complexity index is 524. The van der Waals surface area contributed by atoms with Crippen molar-refractivity contribution in [3.8, 4) is 0 Å². The summed E-state index contributed by atoms with van der Waals surface area (Å²) >= 11 is 0. The average Bonchev–Trinajstić information content (AvgIpc) is 2.94. The van der Waals surface area contributed by atoms with Gasteiger partial charge in [0.05, 0.1) is 6.54 Å². The van der Waals surface area contributed by atoms with Crippen LogP contribution < -0.4 is 5.73 Å². The van der Waals surface area contributed by atoms with Gasteiger partial charge in [-0.05, 0) is 43.2 Å². The van der Waals surface area contributed by atoms with E-state index in [2.05, 4.69) is 18.7 Å². The molecule has 2 N–H and O–H groups in total. The molecule has 3 rings (SSSR count). The molecular formula is C18H29N3O2. The van der Waals surface area contributed by atoms with E-state index in [1.807, 2.05) is 17.0 Å². The number of hydrogen-bond donors (Lipinski definition) is 1. The predicted octanol–water partition coefficient (Wildman–Crippen LogP) is 2.32. The summed E-state index contributed by atoms with van der Waals surface area (Å²) in [4.78, 5) is 16.8. The largest absolute Gasteiger partial charge is 0.455 e. The predicted molar refractivity (Wildman–Crippen MR) is 90.0 cm³/mol. The summed E-state index contributed by atoms with van der Waals surface area (Å²) in [6.07, 6.45) is 3.06. The van der Waals surface area contributed by atoms with E-state index in [1.54, 1.807) is 0 Å². The van der Waals surface area contributed by atoms with E-state index in [9.17, 15) is 4.79 Å². The molecule has 1 aromatic rings. The van der Waals surface area contributed by atoms with Gasteiger partial charge in [-0.15, -0.1) is 0 Å². The van der Waals surface area contributed by atoms with E-state index < -0.39 is 0 Å². The van der Waals surface area contributed by atoms with E-state index in [0.717, 1.165) is 63.2 Å². The smallest absolute Gasteiger partial charge is 0.289 e. The Kier molecular flexibility index (Phi) is 5.07. The van der Waals surface area contributed by atoms with Crippen molar-refractivity contribution in [1.29, 1.82) is 0 Å². The van der Waals surface area contributed by atoms with Gasteiger partial charge in [-0.2, -0.15) is 0 Å². The Morgan fingerprint density at radius 3 is 2.52 bits per heavy atom. The highest BCUT2D eigenvalue weighted by molar-refractivity contribution is 5.91. The summed E-state index contributed by atoms with van der Waals surface area (Å²) in [5.74, 6) is 2.82. The van der Waals surface area contributed by atoms with Crippen LogP contribution in [0.3, 0.4) is 0 Å². The van der Waals surface area contributed by atoms with Gasteiger partial charge in [0.25, 0.3) is 5.91 Å². The van der Waals surface area contributed by atoms with Crippen molar-refractivity contribution in [1.82, 2.24) is 9.80 Å². The number of piperidine rings is 2. The molecule has 2 saturated heterocycles. The number of likely N-dealkylation sites (tertiary alicyclic amines) is 2. The van der Waals surface area contributed by atoms with Gasteiger partial charge in [-0.25, -0.2) is 0 Å². The topological polar surface area (TPSA) is 62.7 Å². The Morgan fingerprint density at radius 1 is 1.22 bits per heavy atom. The molecule has 0 aromatic carbocycles. The first kappa shape index (κ1) is 16.5. The van der Waals surface area contributed by atoms with Gasteiger partial charge in [-0.3, -0.25) is 9.69 Å². The van der Waals surface area contributed by atoms with Gasteiger partial charge >= 0.3 is 0 Å². The van der Waals surface area contributed by atoms with Crippen molar-refractivity contribution in [3.05, 3.63) is 23.7 Å². The minimum absolute atomic E-state index is 0.00327. The van der Waals surface area contributed by atoms with Crippen molar-refractivity contribution in [3.63, 3.8) is 0 Å². The molecule has 1 amide bonds. The van der Waals surface area contributed by atoms with Gasteiger partial charge in [0, 0.05) is 32.2 Å². The number of rotatable bonds is 3. The van der Waals surface area contributed by atoms with Gasteiger partial charge in [0.1, 0.15) is 5.76 Å². The lowest BCUT2D eigenvalue weighted by Crippen LogP contribution is -2.42. The molecule has 2 unspecified atom stereocenters. The number of carbonyl (C=O) groups is 1. The number of amides is 1. The molecule has 0 aliphatic carbocycles. The molecule has 5 heteroatoms. The minimum Gasteiger partial charge on any atom is -0.455 e. The fraction of sp³-hybridized carbons (Fsp3) is 0.722. The van der Waals surface area contributed by atoms with Crippen LogP contribution in [0.1, 0.15) is 49.4 Å². The Labute approximate surface area is 138 Å². The Morgan fingerprint density at radius 2 is 1.87 bits per heavy atom. The molecule has 2 atom stereocenters. The van der Waals surface area contributed by atoms with Crippen LogP contribution in [0.5, 0.6) is 0 Å². The minimum atomic E-state index is 0.00327. The van der Waals surface area contributed by atoms with Gasteiger partial charge in [0.15, 0.2) is 5.76 Å². The molecule has 23 heavy (non-hydrogen) atoms. The molecule has 1 aromatic heterocycles. The zero-order chi connectivity index (χ0) is 16.4. The van der Waals surface area contributed by atoms with Crippen LogP contribution in [0.4, 0.5) is 0 Å². The van der Waals surface area contributed by atoms with E-state index >= 15 is 0 Å². The zero-order valence-electron chi connectivity index (χ0n) is 14.3. The van der Waals surface area contributed by atoms with Crippen LogP contribution in [0, 0.1) is 11.8 Å². The first-order valence-electron chi connectivity index (χ1n) is 8.87. The number of nitrogens with zero attached hydrogens (tertiary/aromatic N) is 2. The second kappa shape index (κ2) is 7.05. The SMILES string of the molecule is CC1CC(C)CN(Cc2ccc(C(=O)N3CCC(N)CC3)o2)C1. The first-order chi connectivity index (χ1) is 11.0. The lowest BCUT2D eigenvalue weighted by Gasteiger charge is -2.34. The van der Waals surface area contributed by atoms with Crippen molar-refractivity contribution in [2.75, 3.05) is 26.2 Å². The lowest BCUT2D eigenvalue weighted by atomic mass is 9.92. The van der Waals surface area contributed by atoms with Gasteiger partial charge in [-0.1, -0.05) is 13.8 Å². The average molecular weight is 319 g/mol. The van der Waals surface area contributed by atoms with Gasteiger partial charge < -0.3 is 15.1 Å². The van der Waals surface area contributed by atoms with Crippen LogP contribution in [0.2, 0.25) is 0 Å². The summed E-state index contributed by atoms with van der Waals surface area (Å²) in [7, 11) is 0. The number of hydrogen-bond acceptors (Lipinski definition) is 4. The number of carbonyl (C=O) groups excluding carboxylic acids is 1. The van der Waals surface area contributed by atoms with Gasteiger partial charge in [0.2, 0.25) is 0 Å². The fourth-order valence-corrected chi connectivity index (χ4v) is 3.98. The summed E-state index contributed by atoms with van der Waals surface area (Å²) in [5, 5.41) is 0. The molecule has 0 bridgehead atoms. The maximum absolute atomic E-state index is 12.5. The van der Waals surface area contributed by atoms with Crippen molar-refractivity contribution in [2.24, 2.45) is 17.6 Å². The second-order valence-corrected chi connectivity index (χ2v) is 7.54. The maximum Gasteiger partial charge on any atom is 0.289 e. The van der Waals surface area contributed by atoms with Crippen LogP contribution in [-0.4, -0.2) is 47.9 Å². The summed E-state index contributed by atoms with van der Waals surface area (Å²) in [5.41, 5.74) is 5.90. The van der Waals surface area contributed by atoms with E-state index in [1.165, 1.54) is 6.42 Å². The van der Waals surface area contributed by atoms with E-state index in [4.69, 9.17) is 10.2 Å². The van der Waals surface area contributed by atoms with Crippen LogP contribution in [0.15, 0.2) is 16.5 Å². The highest BCUT2D eigenvalue weighted by Gasteiger charge is 2.25. The molecule has 2 aliphatic heterocycles. The molecule has 2 aliphatic rings. The molecular weight excluding hydrogens is 290 g/mol. The number of nitrogens with two attached hydrogens (primary N) is 1. The van der Waals surface area contributed by atoms with Crippen molar-refractivity contribution in [2.45, 2.75) is 45.7 Å². The molecule has 0 spiro atoms. The van der Waals surface area contributed by atoms with Crippen LogP contribution in [0.25, 0.3) is 0 Å². The Hall–Kier alpha value is -1.33. The standard InChI is InChI=1S/C18H29N3O2/c1-13-9-14(2)11-20(10-13)12-16-3-4-17(23-16)18(22)21-7-5-15(19)6-8-21/h3-4,13-15H,5-12,19H2,1-2H3. The summed E-state index contributed by atoms with van der Waals surface area (Å²) in [6, 6.07) is 4.00. The molecule has 0 saturated carbocycles. The van der Waals surface area contributed by atoms with Crippen LogP contribution >= 0.6 is 0 Å². The molecule has 3 heterocycles. The third-order valence-corrected chi connectivity index (χ3v) is 5.02. The Balaban J connectivity index is 1.58. The highest BCUT2D eigenvalue weighted by Crippen LogP contribution is 2.23. The second-order valence-electron chi connectivity index (χ2n) is 7.54. The van der Waals surface area contributed by atoms with Crippen molar-refractivity contribution < 1.29 is 9.21 Å². The molecule has 0 radical (unpaired) electrons. The quantitative estimate of drug-likeness (QED) is 0.929. The third-order valence-electron chi connectivity index (χ3n) is 5.02. The normalized spacial score (nSPS) is 27.3. The van der Waals surface area contributed by atoms with Crippen LogP contribution in [-0.2, 0) is 6.54 Å². The highest BCUT2D eigenvalue weighted by atomic mass is 16.4. The first-order valence-corrected chi connectivity index (χ1v) is 8.87. The molecule has 128 valence electrons. The molecule has 5 nitrogen and oxygen atoms in total. The van der Waals surface area contributed by atoms with E-state index in [-0.39, 0.29) is 11.9 Å². The summed E-state index contributed by atoms with van der Waals surface area (Å²) in [6.45, 7) is 9.10. The van der Waals surface area contributed by atoms with E-state index in [0.29, 0.717) is 5.76 Å². The number of furan rings is 1. The third kappa shape index (κ3) is 4.15.